The van der Waals surface area contributed by atoms with Crippen LogP contribution in [0.4, 0.5) is 18.3 Å². The van der Waals surface area contributed by atoms with E-state index in [0.717, 1.165) is 24.4 Å². The molecule has 9 heteroatoms. The molecule has 1 saturated heterocycles. The Morgan fingerprint density at radius 2 is 2.00 bits per heavy atom. The van der Waals surface area contributed by atoms with Gasteiger partial charge in [0.2, 0.25) is 11.0 Å². The molecule has 2 rings (SSSR count). The molecule has 21 heavy (non-hydrogen) atoms. The summed E-state index contributed by atoms with van der Waals surface area (Å²) in [5.74, 6) is -1.08. The molecule has 0 bridgehead atoms. The SMILES string of the molecule is CCCC(C#N)N1CCN(c2nc(C(F)(F)F)ns2)CC1. The summed E-state index contributed by atoms with van der Waals surface area (Å²) >= 11 is 0.770. The third-order valence-electron chi connectivity index (χ3n) is 3.41. The van der Waals surface area contributed by atoms with E-state index in [4.69, 9.17) is 5.26 Å². The van der Waals surface area contributed by atoms with Crippen LogP contribution in [0.1, 0.15) is 25.6 Å². The molecule has 116 valence electrons. The molecule has 0 saturated carbocycles. The first kappa shape index (κ1) is 16.0. The fraction of sp³-hybridized carbons (Fsp3) is 0.750. The molecule has 1 unspecified atom stereocenters. The first-order valence-electron chi connectivity index (χ1n) is 6.75. The van der Waals surface area contributed by atoms with Crippen LogP contribution in [0.5, 0.6) is 0 Å². The van der Waals surface area contributed by atoms with E-state index in [-0.39, 0.29) is 6.04 Å². The van der Waals surface area contributed by atoms with Gasteiger partial charge in [-0.3, -0.25) is 4.90 Å². The second kappa shape index (κ2) is 6.58. The van der Waals surface area contributed by atoms with Gasteiger partial charge in [0.15, 0.2) is 0 Å². The predicted molar refractivity (Wildman–Crippen MR) is 73.0 cm³/mol. The summed E-state index contributed by atoms with van der Waals surface area (Å²) in [4.78, 5) is 7.43. The number of anilines is 1. The Morgan fingerprint density at radius 1 is 1.33 bits per heavy atom. The molecule has 0 amide bonds. The largest absolute Gasteiger partial charge is 0.452 e. The maximum Gasteiger partial charge on any atom is 0.452 e. The van der Waals surface area contributed by atoms with Gasteiger partial charge in [0.25, 0.3) is 0 Å². The van der Waals surface area contributed by atoms with E-state index in [1.807, 2.05) is 6.92 Å². The number of hydrogen-bond donors (Lipinski definition) is 0. The van der Waals surface area contributed by atoms with E-state index in [1.165, 1.54) is 0 Å². The van der Waals surface area contributed by atoms with Crippen LogP contribution in [0.3, 0.4) is 0 Å². The highest BCUT2D eigenvalue weighted by Gasteiger charge is 2.37. The average Bonchev–Trinajstić information content (AvgIpc) is 2.95. The lowest BCUT2D eigenvalue weighted by molar-refractivity contribution is -0.144. The van der Waals surface area contributed by atoms with Crippen LogP contribution in [0, 0.1) is 11.3 Å². The van der Waals surface area contributed by atoms with Gasteiger partial charge >= 0.3 is 6.18 Å². The summed E-state index contributed by atoms with van der Waals surface area (Å²) in [6.07, 6.45) is -2.75. The maximum atomic E-state index is 12.5. The fourth-order valence-corrected chi connectivity index (χ4v) is 3.02. The van der Waals surface area contributed by atoms with E-state index in [1.54, 1.807) is 4.90 Å². The molecule has 1 aliphatic heterocycles. The zero-order valence-corrected chi connectivity index (χ0v) is 12.4. The molecule has 0 aromatic carbocycles. The molecule has 1 aromatic heterocycles. The lowest BCUT2D eigenvalue weighted by atomic mass is 10.1. The third kappa shape index (κ3) is 3.83. The monoisotopic (exact) mass is 319 g/mol. The smallest absolute Gasteiger partial charge is 0.344 e. The molecule has 0 spiro atoms. The van der Waals surface area contributed by atoms with Gasteiger partial charge in [-0.05, 0) is 6.42 Å². The van der Waals surface area contributed by atoms with Crippen molar-refractivity contribution < 1.29 is 13.2 Å². The van der Waals surface area contributed by atoms with Gasteiger partial charge in [-0.2, -0.15) is 27.8 Å². The molecule has 1 aliphatic rings. The Labute approximate surface area is 125 Å². The van der Waals surface area contributed by atoms with Crippen LogP contribution in [0.15, 0.2) is 0 Å². The number of aromatic nitrogens is 2. The molecular formula is C12H16F3N5S. The van der Waals surface area contributed by atoms with E-state index < -0.39 is 12.0 Å². The maximum absolute atomic E-state index is 12.5. The minimum absolute atomic E-state index is 0.114. The van der Waals surface area contributed by atoms with E-state index in [9.17, 15) is 13.2 Å². The van der Waals surface area contributed by atoms with Crippen molar-refractivity contribution in [3.05, 3.63) is 5.82 Å². The van der Waals surface area contributed by atoms with Crippen molar-refractivity contribution in [1.82, 2.24) is 14.3 Å². The quantitative estimate of drug-likeness (QED) is 0.853. The van der Waals surface area contributed by atoms with E-state index in [2.05, 4.69) is 20.3 Å². The molecule has 5 nitrogen and oxygen atoms in total. The van der Waals surface area contributed by atoms with Gasteiger partial charge < -0.3 is 4.90 Å². The predicted octanol–water partition coefficient (Wildman–Crippen LogP) is 2.37. The van der Waals surface area contributed by atoms with Crippen LogP contribution in [0.25, 0.3) is 0 Å². The number of nitriles is 1. The number of halogens is 3. The van der Waals surface area contributed by atoms with Crippen LogP contribution < -0.4 is 4.90 Å². The highest BCUT2D eigenvalue weighted by molar-refractivity contribution is 7.09. The van der Waals surface area contributed by atoms with Crippen molar-refractivity contribution in [2.45, 2.75) is 32.0 Å². The van der Waals surface area contributed by atoms with Gasteiger partial charge in [-0.1, -0.05) is 13.3 Å². The standard InChI is InChI=1S/C12H16F3N5S/c1-2-3-9(8-16)19-4-6-20(7-5-19)11-17-10(18-21-11)12(13,14)15/h9H,2-7H2,1H3. The Kier molecular flexibility index (Phi) is 5.00. The molecule has 1 aromatic rings. The molecule has 0 aliphatic carbocycles. The van der Waals surface area contributed by atoms with Crippen molar-refractivity contribution in [2.75, 3.05) is 31.1 Å². The van der Waals surface area contributed by atoms with Crippen LogP contribution in [0.2, 0.25) is 0 Å². The van der Waals surface area contributed by atoms with Crippen LogP contribution >= 0.6 is 11.5 Å². The fourth-order valence-electron chi connectivity index (χ4n) is 2.29. The molecule has 0 N–H and O–H groups in total. The van der Waals surface area contributed by atoms with Crippen molar-refractivity contribution in [3.63, 3.8) is 0 Å². The van der Waals surface area contributed by atoms with Gasteiger partial charge in [-0.25, -0.2) is 0 Å². The highest BCUT2D eigenvalue weighted by atomic mass is 32.1. The minimum atomic E-state index is -4.50. The van der Waals surface area contributed by atoms with Gasteiger partial charge in [0, 0.05) is 37.7 Å². The average molecular weight is 319 g/mol. The molecule has 1 atom stereocenters. The molecular weight excluding hydrogens is 303 g/mol. The number of nitrogens with zero attached hydrogens (tertiary/aromatic N) is 5. The molecule has 2 heterocycles. The van der Waals surface area contributed by atoms with Gasteiger partial charge in [0.05, 0.1) is 12.1 Å². The number of alkyl halides is 3. The number of piperazine rings is 1. The summed E-state index contributed by atoms with van der Waals surface area (Å²) in [7, 11) is 0. The zero-order chi connectivity index (χ0) is 15.5. The lowest BCUT2D eigenvalue weighted by Gasteiger charge is -2.36. The lowest BCUT2D eigenvalue weighted by Crippen LogP contribution is -2.50. The summed E-state index contributed by atoms with van der Waals surface area (Å²) < 4.78 is 40.8. The van der Waals surface area contributed by atoms with Crippen molar-refractivity contribution >= 4 is 16.7 Å². The zero-order valence-electron chi connectivity index (χ0n) is 11.6. The number of hydrogen-bond acceptors (Lipinski definition) is 6. The van der Waals surface area contributed by atoms with Crippen molar-refractivity contribution in [2.24, 2.45) is 0 Å². The van der Waals surface area contributed by atoms with E-state index in [0.29, 0.717) is 31.3 Å². The minimum Gasteiger partial charge on any atom is -0.344 e. The Morgan fingerprint density at radius 3 is 2.48 bits per heavy atom. The normalized spacial score (nSPS) is 18.5. The van der Waals surface area contributed by atoms with Gasteiger partial charge in [-0.15, -0.1) is 0 Å². The van der Waals surface area contributed by atoms with Crippen LogP contribution in [-0.2, 0) is 6.18 Å². The Balaban J connectivity index is 1.95. The number of rotatable bonds is 4. The van der Waals surface area contributed by atoms with Gasteiger partial charge in [0.1, 0.15) is 0 Å². The van der Waals surface area contributed by atoms with Crippen molar-refractivity contribution in [3.8, 4) is 6.07 Å². The molecule has 0 radical (unpaired) electrons. The van der Waals surface area contributed by atoms with Crippen molar-refractivity contribution in [1.29, 1.82) is 5.26 Å². The Hall–Kier alpha value is -1.40. The summed E-state index contributed by atoms with van der Waals surface area (Å²) in [6, 6.07) is 2.17. The summed E-state index contributed by atoms with van der Waals surface area (Å²) in [5.41, 5.74) is 0. The first-order chi connectivity index (χ1) is 9.95. The summed E-state index contributed by atoms with van der Waals surface area (Å²) in [6.45, 7) is 4.46. The highest BCUT2D eigenvalue weighted by Crippen LogP contribution is 2.30. The third-order valence-corrected chi connectivity index (χ3v) is 4.18. The topological polar surface area (TPSA) is 56.1 Å². The van der Waals surface area contributed by atoms with Crippen LogP contribution in [-0.4, -0.2) is 46.5 Å². The first-order valence-corrected chi connectivity index (χ1v) is 7.52. The second-order valence-electron chi connectivity index (χ2n) is 4.85. The van der Waals surface area contributed by atoms with E-state index >= 15 is 0 Å². The Bertz CT molecular complexity index is 502. The molecule has 1 fully saturated rings. The second-order valence-corrected chi connectivity index (χ2v) is 5.59. The summed E-state index contributed by atoms with van der Waals surface area (Å²) in [5, 5.41) is 9.43.